The molecule has 4 heteroatoms. The van der Waals surface area contributed by atoms with Gasteiger partial charge in [0.2, 0.25) is 5.91 Å². The van der Waals surface area contributed by atoms with E-state index < -0.39 is 6.10 Å². The van der Waals surface area contributed by atoms with Gasteiger partial charge in [-0.2, -0.15) is 0 Å². The maximum absolute atomic E-state index is 11.6. The summed E-state index contributed by atoms with van der Waals surface area (Å²) in [6.07, 6.45) is 2.57. The second kappa shape index (κ2) is 6.87. The van der Waals surface area contributed by atoms with Crippen LogP contribution in [0, 0.1) is 0 Å². The number of thiophene rings is 1. The number of carbonyl (C=O) groups is 1. The molecule has 2 rings (SSSR count). The Hall–Kier alpha value is -1.91. The minimum absolute atomic E-state index is 0.209. The second-order valence-corrected chi connectivity index (χ2v) is 5.00. The first-order valence-electron chi connectivity index (χ1n) is 5.98. The summed E-state index contributed by atoms with van der Waals surface area (Å²) in [7, 11) is 0. The quantitative estimate of drug-likeness (QED) is 0.823. The van der Waals surface area contributed by atoms with Gasteiger partial charge in [0.25, 0.3) is 0 Å². The Bertz CT molecular complexity index is 535. The highest BCUT2D eigenvalue weighted by atomic mass is 32.1. The fourth-order valence-corrected chi connectivity index (χ4v) is 2.29. The van der Waals surface area contributed by atoms with Crippen LogP contribution in [0.3, 0.4) is 0 Å². The Balaban J connectivity index is 1.80. The highest BCUT2D eigenvalue weighted by molar-refractivity contribution is 7.10. The van der Waals surface area contributed by atoms with Crippen LogP contribution in [0.4, 0.5) is 0 Å². The van der Waals surface area contributed by atoms with E-state index in [2.05, 4.69) is 5.32 Å². The largest absolute Gasteiger partial charge is 0.386 e. The highest BCUT2D eigenvalue weighted by Crippen LogP contribution is 2.17. The van der Waals surface area contributed by atoms with Crippen LogP contribution in [-0.4, -0.2) is 17.6 Å². The van der Waals surface area contributed by atoms with Crippen molar-refractivity contribution in [3.05, 3.63) is 64.4 Å². The molecule has 0 unspecified atom stereocenters. The molecule has 0 radical (unpaired) electrons. The Morgan fingerprint density at radius 3 is 2.74 bits per heavy atom. The molecule has 0 aliphatic heterocycles. The van der Waals surface area contributed by atoms with Crippen LogP contribution in [-0.2, 0) is 4.79 Å². The van der Waals surface area contributed by atoms with Gasteiger partial charge >= 0.3 is 0 Å². The number of aliphatic hydroxyl groups is 1. The van der Waals surface area contributed by atoms with Crippen molar-refractivity contribution >= 4 is 23.3 Å². The first-order valence-corrected chi connectivity index (χ1v) is 6.86. The van der Waals surface area contributed by atoms with E-state index in [-0.39, 0.29) is 12.5 Å². The number of hydrogen-bond donors (Lipinski definition) is 2. The highest BCUT2D eigenvalue weighted by Gasteiger charge is 2.08. The van der Waals surface area contributed by atoms with Gasteiger partial charge in [0.1, 0.15) is 6.10 Å². The minimum Gasteiger partial charge on any atom is -0.386 e. The van der Waals surface area contributed by atoms with Crippen LogP contribution in [0.15, 0.2) is 53.9 Å². The van der Waals surface area contributed by atoms with Crippen molar-refractivity contribution in [1.29, 1.82) is 0 Å². The number of nitrogens with one attached hydrogen (secondary N) is 1. The van der Waals surface area contributed by atoms with Gasteiger partial charge in [0.05, 0.1) is 0 Å². The number of rotatable bonds is 5. The van der Waals surface area contributed by atoms with Gasteiger partial charge in [0, 0.05) is 17.5 Å². The molecule has 1 aromatic carbocycles. The van der Waals surface area contributed by atoms with E-state index in [0.29, 0.717) is 0 Å². The molecule has 1 atom stereocenters. The van der Waals surface area contributed by atoms with E-state index in [0.717, 1.165) is 10.4 Å². The Morgan fingerprint density at radius 1 is 1.26 bits per heavy atom. The molecular formula is C15H15NO2S. The van der Waals surface area contributed by atoms with Crippen molar-refractivity contribution in [3.8, 4) is 0 Å². The molecular weight excluding hydrogens is 258 g/mol. The second-order valence-electron chi connectivity index (χ2n) is 4.02. The molecule has 0 bridgehead atoms. The first kappa shape index (κ1) is 13.5. The lowest BCUT2D eigenvalue weighted by molar-refractivity contribution is -0.116. The van der Waals surface area contributed by atoms with Gasteiger partial charge in [-0.25, -0.2) is 0 Å². The lowest BCUT2D eigenvalue weighted by atomic mass is 10.2. The number of aliphatic hydroxyl groups excluding tert-OH is 1. The third-order valence-electron chi connectivity index (χ3n) is 2.57. The zero-order valence-corrected chi connectivity index (χ0v) is 11.1. The minimum atomic E-state index is -0.644. The van der Waals surface area contributed by atoms with Crippen LogP contribution in [0.5, 0.6) is 0 Å². The number of benzene rings is 1. The zero-order chi connectivity index (χ0) is 13.5. The van der Waals surface area contributed by atoms with E-state index in [1.807, 2.05) is 47.8 Å². The summed E-state index contributed by atoms with van der Waals surface area (Å²) in [6, 6.07) is 13.3. The molecule has 0 saturated heterocycles. The van der Waals surface area contributed by atoms with E-state index in [9.17, 15) is 9.90 Å². The molecule has 0 fully saturated rings. The van der Waals surface area contributed by atoms with E-state index >= 15 is 0 Å². The van der Waals surface area contributed by atoms with Crippen LogP contribution in [0.2, 0.25) is 0 Å². The molecule has 0 spiro atoms. The van der Waals surface area contributed by atoms with Crippen molar-refractivity contribution < 1.29 is 9.90 Å². The normalized spacial score (nSPS) is 12.5. The SMILES string of the molecule is O=C(/C=C/c1ccccc1)NC[C@@H](O)c1cccs1. The standard InChI is InChI=1S/C15H15NO2S/c17-13(14-7-4-10-19-14)11-16-15(18)9-8-12-5-2-1-3-6-12/h1-10,13,17H,11H2,(H,16,18)/b9-8+/t13-/m1/s1. The van der Waals surface area contributed by atoms with Crippen LogP contribution >= 0.6 is 11.3 Å². The maximum Gasteiger partial charge on any atom is 0.244 e. The third kappa shape index (κ3) is 4.35. The van der Waals surface area contributed by atoms with E-state index in [1.165, 1.54) is 17.4 Å². The van der Waals surface area contributed by atoms with Gasteiger partial charge in [-0.1, -0.05) is 36.4 Å². The summed E-state index contributed by atoms with van der Waals surface area (Å²) in [5.41, 5.74) is 0.969. The molecule has 98 valence electrons. The number of amides is 1. The van der Waals surface area contributed by atoms with Gasteiger partial charge in [-0.15, -0.1) is 11.3 Å². The molecule has 19 heavy (non-hydrogen) atoms. The molecule has 1 heterocycles. The summed E-state index contributed by atoms with van der Waals surface area (Å²) in [4.78, 5) is 12.4. The Morgan fingerprint density at radius 2 is 2.05 bits per heavy atom. The predicted octanol–water partition coefficient (Wildman–Crippen LogP) is 2.61. The van der Waals surface area contributed by atoms with Gasteiger partial charge in [-0.05, 0) is 23.1 Å². The van der Waals surface area contributed by atoms with Crippen molar-refractivity contribution in [2.45, 2.75) is 6.10 Å². The topological polar surface area (TPSA) is 49.3 Å². The number of carbonyl (C=O) groups excluding carboxylic acids is 1. The summed E-state index contributed by atoms with van der Waals surface area (Å²) < 4.78 is 0. The summed E-state index contributed by atoms with van der Waals surface area (Å²) in [5, 5.41) is 14.4. The molecule has 0 aliphatic carbocycles. The molecule has 2 aromatic rings. The fourth-order valence-electron chi connectivity index (χ4n) is 1.57. The van der Waals surface area contributed by atoms with Crippen molar-refractivity contribution in [2.75, 3.05) is 6.54 Å². The Labute approximate surface area is 116 Å². The first-order chi connectivity index (χ1) is 9.25. The predicted molar refractivity (Wildman–Crippen MR) is 77.8 cm³/mol. The zero-order valence-electron chi connectivity index (χ0n) is 10.3. The van der Waals surface area contributed by atoms with Gasteiger partial charge < -0.3 is 10.4 Å². The molecule has 0 aliphatic rings. The third-order valence-corrected chi connectivity index (χ3v) is 3.54. The van der Waals surface area contributed by atoms with E-state index in [1.54, 1.807) is 6.08 Å². The van der Waals surface area contributed by atoms with Crippen molar-refractivity contribution in [1.82, 2.24) is 5.32 Å². The monoisotopic (exact) mass is 273 g/mol. The van der Waals surface area contributed by atoms with Crippen molar-refractivity contribution in [2.24, 2.45) is 0 Å². The maximum atomic E-state index is 11.6. The van der Waals surface area contributed by atoms with E-state index in [4.69, 9.17) is 0 Å². The summed E-state index contributed by atoms with van der Waals surface area (Å²) in [6.45, 7) is 0.221. The lowest BCUT2D eigenvalue weighted by Gasteiger charge is -2.08. The van der Waals surface area contributed by atoms with Crippen LogP contribution < -0.4 is 5.32 Å². The van der Waals surface area contributed by atoms with Crippen molar-refractivity contribution in [3.63, 3.8) is 0 Å². The molecule has 1 amide bonds. The summed E-state index contributed by atoms with van der Waals surface area (Å²) in [5.74, 6) is -0.209. The van der Waals surface area contributed by atoms with Crippen LogP contribution in [0.25, 0.3) is 6.08 Å². The lowest BCUT2D eigenvalue weighted by Crippen LogP contribution is -2.26. The fraction of sp³-hybridized carbons (Fsp3) is 0.133. The average molecular weight is 273 g/mol. The molecule has 1 aromatic heterocycles. The molecule has 2 N–H and O–H groups in total. The summed E-state index contributed by atoms with van der Waals surface area (Å²) >= 11 is 1.47. The smallest absolute Gasteiger partial charge is 0.244 e. The van der Waals surface area contributed by atoms with Crippen LogP contribution in [0.1, 0.15) is 16.5 Å². The van der Waals surface area contributed by atoms with Gasteiger partial charge in [0.15, 0.2) is 0 Å². The Kier molecular flexibility index (Phi) is 4.89. The number of hydrogen-bond acceptors (Lipinski definition) is 3. The molecule has 0 saturated carbocycles. The molecule has 3 nitrogen and oxygen atoms in total. The average Bonchev–Trinajstić information content (AvgIpc) is 2.98. The van der Waals surface area contributed by atoms with Gasteiger partial charge in [-0.3, -0.25) is 4.79 Å².